The van der Waals surface area contributed by atoms with Crippen molar-refractivity contribution in [3.63, 3.8) is 0 Å². The Morgan fingerprint density at radius 3 is 2.23 bits per heavy atom. The predicted molar refractivity (Wildman–Crippen MR) is 88.4 cm³/mol. The van der Waals surface area contributed by atoms with Crippen LogP contribution in [0, 0.1) is 0 Å². The van der Waals surface area contributed by atoms with Crippen LogP contribution >= 0.6 is 12.4 Å². The van der Waals surface area contributed by atoms with Crippen molar-refractivity contribution in [2.75, 3.05) is 26.2 Å². The van der Waals surface area contributed by atoms with Gasteiger partial charge >= 0.3 is 6.09 Å². The zero-order valence-electron chi connectivity index (χ0n) is 13.9. The molecule has 0 unspecified atom stereocenters. The van der Waals surface area contributed by atoms with E-state index in [0.717, 1.165) is 38.8 Å². The molecule has 2 saturated heterocycles. The second-order valence-electron chi connectivity index (χ2n) is 6.72. The lowest BCUT2D eigenvalue weighted by molar-refractivity contribution is 0.00391. The summed E-state index contributed by atoms with van der Waals surface area (Å²) in [6.07, 6.45) is 2.94. The molecule has 0 radical (unpaired) electrons. The zero-order chi connectivity index (χ0) is 15.9. The average molecular weight is 339 g/mol. The number of hydrogen-bond acceptors (Lipinski definition) is 5. The lowest BCUT2D eigenvalue weighted by atomic mass is 10.1. The highest BCUT2D eigenvalue weighted by Crippen LogP contribution is 2.14. The molecule has 0 aromatic heterocycles. The Hall–Kier alpha value is -0.560. The van der Waals surface area contributed by atoms with Gasteiger partial charge in [-0.15, -0.1) is 12.4 Å². The Bertz CT molecular complexity index is 317. The van der Waals surface area contributed by atoms with Crippen LogP contribution in [0.2, 0.25) is 0 Å². The standard InChI is InChI=1S/C10H19NO3.C5H11NO.ClH/c1-10(2,3)14-9(13)11-6-4-5-8(12)7-11;7-5-2-1-3-6-4-5;/h8,12H,4-7H2,1-3H3;5-7H,1-4H2;1H/t8-;5-;/m11./s1. The number of halogens is 1. The van der Waals surface area contributed by atoms with Crippen molar-refractivity contribution in [1.82, 2.24) is 10.2 Å². The average Bonchev–Trinajstić information content (AvgIpc) is 2.38. The summed E-state index contributed by atoms with van der Waals surface area (Å²) in [6, 6.07) is 0. The molecule has 7 heteroatoms. The quantitative estimate of drug-likeness (QED) is 0.624. The number of hydrogen-bond donors (Lipinski definition) is 3. The largest absolute Gasteiger partial charge is 0.444 e. The van der Waals surface area contributed by atoms with Gasteiger partial charge < -0.3 is 25.2 Å². The third-order valence-corrected chi connectivity index (χ3v) is 3.32. The molecule has 1 amide bonds. The Kier molecular flexibility index (Phi) is 10.00. The van der Waals surface area contributed by atoms with Gasteiger partial charge in [0, 0.05) is 19.6 Å². The van der Waals surface area contributed by atoms with Gasteiger partial charge in [0.1, 0.15) is 5.60 Å². The number of piperidine rings is 2. The predicted octanol–water partition coefficient (Wildman–Crippen LogP) is 1.53. The second kappa shape index (κ2) is 10.3. The molecule has 22 heavy (non-hydrogen) atoms. The van der Waals surface area contributed by atoms with E-state index >= 15 is 0 Å². The molecule has 0 bridgehead atoms. The van der Waals surface area contributed by atoms with Gasteiger partial charge in [0.2, 0.25) is 0 Å². The fourth-order valence-electron chi connectivity index (χ4n) is 2.28. The Balaban J connectivity index is 0.000000465. The molecule has 2 aliphatic rings. The fraction of sp³-hybridized carbons (Fsp3) is 0.933. The minimum Gasteiger partial charge on any atom is -0.444 e. The number of ether oxygens (including phenoxy) is 1. The third-order valence-electron chi connectivity index (χ3n) is 3.32. The monoisotopic (exact) mass is 338 g/mol. The molecule has 132 valence electrons. The first-order chi connectivity index (χ1) is 9.78. The third kappa shape index (κ3) is 9.46. The number of amides is 1. The lowest BCUT2D eigenvalue weighted by Crippen LogP contribution is -2.44. The van der Waals surface area contributed by atoms with Crippen LogP contribution in [0.1, 0.15) is 46.5 Å². The normalized spacial score (nSPS) is 25.4. The summed E-state index contributed by atoms with van der Waals surface area (Å²) in [5, 5.41) is 21.3. The number of aliphatic hydroxyl groups is 2. The molecule has 0 aromatic carbocycles. The molecular weight excluding hydrogens is 308 g/mol. The molecule has 2 atom stereocenters. The minimum atomic E-state index is -0.459. The van der Waals surface area contributed by atoms with Gasteiger partial charge in [-0.25, -0.2) is 4.79 Å². The zero-order valence-corrected chi connectivity index (χ0v) is 14.7. The van der Waals surface area contributed by atoms with Crippen molar-refractivity contribution in [2.24, 2.45) is 0 Å². The van der Waals surface area contributed by atoms with Crippen molar-refractivity contribution >= 4 is 18.5 Å². The molecule has 2 rings (SSSR count). The van der Waals surface area contributed by atoms with Crippen molar-refractivity contribution in [3.05, 3.63) is 0 Å². The molecule has 0 saturated carbocycles. The van der Waals surface area contributed by atoms with Crippen molar-refractivity contribution < 1.29 is 19.7 Å². The number of carbonyl (C=O) groups is 1. The smallest absolute Gasteiger partial charge is 0.410 e. The summed E-state index contributed by atoms with van der Waals surface area (Å²) in [5.74, 6) is 0. The summed E-state index contributed by atoms with van der Waals surface area (Å²) < 4.78 is 5.20. The molecule has 0 spiro atoms. The Morgan fingerprint density at radius 1 is 1.18 bits per heavy atom. The van der Waals surface area contributed by atoms with E-state index < -0.39 is 11.7 Å². The molecule has 6 nitrogen and oxygen atoms in total. The van der Waals surface area contributed by atoms with Crippen molar-refractivity contribution in [2.45, 2.75) is 64.3 Å². The molecule has 2 heterocycles. The second-order valence-corrected chi connectivity index (χ2v) is 6.72. The number of nitrogens with zero attached hydrogens (tertiary/aromatic N) is 1. The van der Waals surface area contributed by atoms with Gasteiger partial charge in [0.25, 0.3) is 0 Å². The van der Waals surface area contributed by atoms with Crippen LogP contribution < -0.4 is 5.32 Å². The first kappa shape index (κ1) is 21.4. The maximum atomic E-state index is 11.6. The number of likely N-dealkylation sites (tertiary alicyclic amines) is 1. The van der Waals surface area contributed by atoms with E-state index in [1.807, 2.05) is 20.8 Å². The van der Waals surface area contributed by atoms with Crippen LogP contribution in [-0.4, -0.2) is 65.2 Å². The van der Waals surface area contributed by atoms with Crippen molar-refractivity contribution in [1.29, 1.82) is 0 Å². The maximum Gasteiger partial charge on any atom is 0.410 e. The van der Waals surface area contributed by atoms with Crippen molar-refractivity contribution in [3.8, 4) is 0 Å². The molecule has 0 aromatic rings. The number of nitrogens with one attached hydrogen (secondary N) is 1. The van der Waals surface area contributed by atoms with E-state index in [9.17, 15) is 9.90 Å². The van der Waals surface area contributed by atoms with E-state index in [1.54, 1.807) is 4.90 Å². The Morgan fingerprint density at radius 2 is 1.82 bits per heavy atom. The van der Waals surface area contributed by atoms with Crippen LogP contribution in [0.25, 0.3) is 0 Å². The number of aliphatic hydroxyl groups excluding tert-OH is 2. The number of carbonyl (C=O) groups excluding carboxylic acids is 1. The topological polar surface area (TPSA) is 82.0 Å². The van der Waals surface area contributed by atoms with Crippen LogP contribution in [0.4, 0.5) is 4.79 Å². The van der Waals surface area contributed by atoms with Crippen LogP contribution in [0.5, 0.6) is 0 Å². The fourth-order valence-corrected chi connectivity index (χ4v) is 2.28. The van der Waals surface area contributed by atoms with E-state index in [0.29, 0.717) is 13.1 Å². The summed E-state index contributed by atoms with van der Waals surface area (Å²) in [5.41, 5.74) is -0.459. The summed E-state index contributed by atoms with van der Waals surface area (Å²) in [7, 11) is 0. The van der Waals surface area contributed by atoms with E-state index in [4.69, 9.17) is 9.84 Å². The van der Waals surface area contributed by atoms with Gasteiger partial charge in [-0.05, 0) is 53.0 Å². The lowest BCUT2D eigenvalue weighted by Gasteiger charge is -2.32. The summed E-state index contributed by atoms with van der Waals surface area (Å²) in [4.78, 5) is 13.1. The van der Waals surface area contributed by atoms with Gasteiger partial charge in [-0.1, -0.05) is 0 Å². The first-order valence-corrected chi connectivity index (χ1v) is 7.82. The summed E-state index contributed by atoms with van der Waals surface area (Å²) >= 11 is 0. The van der Waals surface area contributed by atoms with Gasteiger partial charge in [-0.3, -0.25) is 0 Å². The number of rotatable bonds is 0. The highest BCUT2D eigenvalue weighted by molar-refractivity contribution is 5.85. The Labute approximate surface area is 139 Å². The highest BCUT2D eigenvalue weighted by Gasteiger charge is 2.26. The number of β-amino-alcohol motifs (C(OH)–C–C–N with tert-alkyl or cyclic N) is 2. The minimum absolute atomic E-state index is 0. The van der Waals surface area contributed by atoms with Gasteiger partial charge in [0.05, 0.1) is 12.2 Å². The van der Waals surface area contributed by atoms with Crippen LogP contribution in [0.3, 0.4) is 0 Å². The maximum absolute atomic E-state index is 11.6. The van der Waals surface area contributed by atoms with Gasteiger partial charge in [0.15, 0.2) is 0 Å². The first-order valence-electron chi connectivity index (χ1n) is 7.82. The van der Waals surface area contributed by atoms with E-state index in [1.165, 1.54) is 0 Å². The SMILES string of the molecule is CC(C)(C)OC(=O)N1CCC[C@@H](O)C1.Cl.O[C@@H]1CCCNC1. The molecule has 3 N–H and O–H groups in total. The molecule has 2 fully saturated rings. The van der Waals surface area contributed by atoms with E-state index in [2.05, 4.69) is 5.32 Å². The molecule has 0 aliphatic carbocycles. The van der Waals surface area contributed by atoms with Gasteiger partial charge in [-0.2, -0.15) is 0 Å². The van der Waals surface area contributed by atoms with Crippen LogP contribution in [0.15, 0.2) is 0 Å². The molecular formula is C15H31ClN2O4. The highest BCUT2D eigenvalue weighted by atomic mass is 35.5. The molecule has 2 aliphatic heterocycles. The van der Waals surface area contributed by atoms with Crippen LogP contribution in [-0.2, 0) is 4.74 Å². The summed E-state index contributed by atoms with van der Waals surface area (Å²) in [6.45, 7) is 8.47. The van der Waals surface area contributed by atoms with E-state index in [-0.39, 0.29) is 24.6 Å².